The number of carbonyl (C=O) groups excluding carboxylic acids is 1. The van der Waals surface area contributed by atoms with Gasteiger partial charge in [0.05, 0.1) is 0 Å². The number of nitrogens with one attached hydrogen (secondary N) is 1. The molecule has 0 unspecified atom stereocenters. The van der Waals surface area contributed by atoms with Crippen molar-refractivity contribution in [2.24, 2.45) is 7.05 Å². The molecular weight excluding hydrogens is 331 g/mol. The van der Waals surface area contributed by atoms with Crippen molar-refractivity contribution in [3.05, 3.63) is 34.2 Å². The van der Waals surface area contributed by atoms with Crippen LogP contribution in [0, 0.1) is 0 Å². The van der Waals surface area contributed by atoms with E-state index in [1.165, 1.54) is 17.1 Å². The Balaban J connectivity index is 2.42. The summed E-state index contributed by atoms with van der Waals surface area (Å²) >= 11 is 2.34. The molecule has 0 saturated carbocycles. The van der Waals surface area contributed by atoms with Crippen LogP contribution in [0.25, 0.3) is 0 Å². The Morgan fingerprint density at radius 3 is 2.82 bits per heavy atom. The highest BCUT2D eigenvalue weighted by Crippen LogP contribution is 1.99. The third-order valence-corrected chi connectivity index (χ3v) is 3.23. The highest BCUT2D eigenvalue weighted by molar-refractivity contribution is 14.1. The van der Waals surface area contributed by atoms with Crippen LogP contribution in [-0.2, 0) is 7.05 Å². The quantitative estimate of drug-likeness (QED) is 0.484. The number of aryl methyl sites for hydroxylation is 1. The summed E-state index contributed by atoms with van der Waals surface area (Å²) < 4.78 is 2.59. The molecular formula is C12H17IN2O2. The normalized spacial score (nSPS) is 10.2. The van der Waals surface area contributed by atoms with Gasteiger partial charge in [-0.25, -0.2) is 0 Å². The maximum absolute atomic E-state index is 11.7. The third kappa shape index (κ3) is 4.89. The van der Waals surface area contributed by atoms with Gasteiger partial charge in [-0.2, -0.15) is 0 Å². The predicted octanol–water partition coefficient (Wildman–Crippen LogP) is 1.72. The lowest BCUT2D eigenvalue weighted by atomic mass is 10.2. The van der Waals surface area contributed by atoms with Gasteiger partial charge < -0.3 is 9.88 Å². The van der Waals surface area contributed by atoms with Gasteiger partial charge in [0.1, 0.15) is 0 Å². The first-order chi connectivity index (χ1) is 8.15. The number of rotatable bonds is 6. The molecule has 94 valence electrons. The van der Waals surface area contributed by atoms with E-state index in [9.17, 15) is 9.59 Å². The van der Waals surface area contributed by atoms with E-state index in [2.05, 4.69) is 27.9 Å². The number of nitrogens with zero attached hydrogens (tertiary/aromatic N) is 1. The summed E-state index contributed by atoms with van der Waals surface area (Å²) in [4.78, 5) is 23.0. The summed E-state index contributed by atoms with van der Waals surface area (Å²) in [6.07, 6.45) is 4.90. The van der Waals surface area contributed by atoms with Crippen LogP contribution in [0.3, 0.4) is 0 Å². The fourth-order valence-corrected chi connectivity index (χ4v) is 1.93. The predicted molar refractivity (Wildman–Crippen MR) is 76.8 cm³/mol. The van der Waals surface area contributed by atoms with E-state index in [-0.39, 0.29) is 11.5 Å². The highest BCUT2D eigenvalue weighted by atomic mass is 127. The topological polar surface area (TPSA) is 51.1 Å². The Bertz CT molecular complexity index is 429. The fraction of sp³-hybridized carbons (Fsp3) is 0.500. The molecule has 5 heteroatoms. The first-order valence-electron chi connectivity index (χ1n) is 5.66. The van der Waals surface area contributed by atoms with Crippen molar-refractivity contribution in [2.45, 2.75) is 19.3 Å². The van der Waals surface area contributed by atoms with Gasteiger partial charge in [-0.1, -0.05) is 29.0 Å². The molecule has 0 aliphatic rings. The Morgan fingerprint density at radius 1 is 1.41 bits per heavy atom. The molecule has 0 saturated heterocycles. The SMILES string of the molecule is Cn1ccc(C(=O)NCCCCCI)cc1=O. The van der Waals surface area contributed by atoms with E-state index in [0.29, 0.717) is 12.1 Å². The van der Waals surface area contributed by atoms with Crippen LogP contribution < -0.4 is 10.9 Å². The molecule has 0 atom stereocenters. The van der Waals surface area contributed by atoms with E-state index < -0.39 is 0 Å². The molecule has 0 aromatic carbocycles. The fourth-order valence-electron chi connectivity index (χ4n) is 1.39. The van der Waals surface area contributed by atoms with E-state index in [1.54, 1.807) is 19.3 Å². The van der Waals surface area contributed by atoms with E-state index >= 15 is 0 Å². The van der Waals surface area contributed by atoms with Crippen LogP contribution in [0.4, 0.5) is 0 Å². The summed E-state index contributed by atoms with van der Waals surface area (Å²) in [6, 6.07) is 3.02. The summed E-state index contributed by atoms with van der Waals surface area (Å²) in [6.45, 7) is 0.671. The van der Waals surface area contributed by atoms with Crippen molar-refractivity contribution >= 4 is 28.5 Å². The first-order valence-corrected chi connectivity index (χ1v) is 7.18. The summed E-state index contributed by atoms with van der Waals surface area (Å²) in [7, 11) is 1.66. The molecule has 0 aliphatic carbocycles. The van der Waals surface area contributed by atoms with Gasteiger partial charge in [0, 0.05) is 31.4 Å². The van der Waals surface area contributed by atoms with Crippen LogP contribution in [0.2, 0.25) is 0 Å². The van der Waals surface area contributed by atoms with E-state index in [0.717, 1.165) is 17.3 Å². The minimum Gasteiger partial charge on any atom is -0.352 e. The number of carbonyl (C=O) groups is 1. The molecule has 0 fully saturated rings. The molecule has 1 heterocycles. The molecule has 0 radical (unpaired) electrons. The average Bonchev–Trinajstić information content (AvgIpc) is 2.32. The van der Waals surface area contributed by atoms with Crippen LogP contribution in [0.1, 0.15) is 29.6 Å². The van der Waals surface area contributed by atoms with Gasteiger partial charge in [-0.05, 0) is 23.3 Å². The standard InChI is InChI=1S/C12H17IN2O2/c1-15-8-5-10(9-11(15)16)12(17)14-7-4-2-3-6-13/h5,8-9H,2-4,6-7H2,1H3,(H,14,17). The second-order valence-corrected chi connectivity index (χ2v) is 4.95. The van der Waals surface area contributed by atoms with Gasteiger partial charge in [-0.3, -0.25) is 9.59 Å². The third-order valence-electron chi connectivity index (χ3n) is 2.46. The first kappa shape index (κ1) is 14.2. The largest absolute Gasteiger partial charge is 0.352 e. The van der Waals surface area contributed by atoms with Crippen LogP contribution >= 0.6 is 22.6 Å². The monoisotopic (exact) mass is 348 g/mol. The molecule has 17 heavy (non-hydrogen) atoms. The zero-order valence-corrected chi connectivity index (χ0v) is 12.1. The van der Waals surface area contributed by atoms with Gasteiger partial charge >= 0.3 is 0 Å². The van der Waals surface area contributed by atoms with Gasteiger partial charge in [0.15, 0.2) is 0 Å². The lowest BCUT2D eigenvalue weighted by Gasteiger charge is -2.05. The maximum Gasteiger partial charge on any atom is 0.251 e. The minimum atomic E-state index is -0.169. The van der Waals surface area contributed by atoms with Gasteiger partial charge in [0.25, 0.3) is 11.5 Å². The van der Waals surface area contributed by atoms with Gasteiger partial charge in [-0.15, -0.1) is 0 Å². The van der Waals surface area contributed by atoms with Crippen molar-refractivity contribution in [3.63, 3.8) is 0 Å². The number of pyridine rings is 1. The zero-order chi connectivity index (χ0) is 12.7. The van der Waals surface area contributed by atoms with Crippen LogP contribution in [0.5, 0.6) is 0 Å². The molecule has 0 aliphatic heterocycles. The minimum absolute atomic E-state index is 0.164. The summed E-state index contributed by atoms with van der Waals surface area (Å²) in [5, 5.41) is 2.81. The molecule has 0 spiro atoms. The Hall–Kier alpha value is -0.850. The molecule has 1 amide bonds. The summed E-state index contributed by atoms with van der Waals surface area (Å²) in [5.41, 5.74) is 0.268. The maximum atomic E-state index is 11.7. The van der Waals surface area contributed by atoms with Crippen molar-refractivity contribution in [1.29, 1.82) is 0 Å². The van der Waals surface area contributed by atoms with Crippen LogP contribution in [0.15, 0.2) is 23.1 Å². The Kier molecular flexibility index (Phi) is 6.25. The number of hydrogen-bond donors (Lipinski definition) is 1. The van der Waals surface area contributed by atoms with Crippen LogP contribution in [-0.4, -0.2) is 21.4 Å². The van der Waals surface area contributed by atoms with Gasteiger partial charge in [0.2, 0.25) is 0 Å². The van der Waals surface area contributed by atoms with E-state index in [1.807, 2.05) is 0 Å². The van der Waals surface area contributed by atoms with E-state index in [4.69, 9.17) is 0 Å². The van der Waals surface area contributed by atoms with Crippen molar-refractivity contribution in [1.82, 2.24) is 9.88 Å². The van der Waals surface area contributed by atoms with Crippen molar-refractivity contribution < 1.29 is 4.79 Å². The Morgan fingerprint density at radius 2 is 2.18 bits per heavy atom. The smallest absolute Gasteiger partial charge is 0.251 e. The molecule has 0 bridgehead atoms. The summed E-state index contributed by atoms with van der Waals surface area (Å²) in [5.74, 6) is -0.169. The second-order valence-electron chi connectivity index (χ2n) is 3.87. The molecule has 4 nitrogen and oxygen atoms in total. The Labute approximate surface area is 115 Å². The van der Waals surface area contributed by atoms with Crippen molar-refractivity contribution in [3.8, 4) is 0 Å². The number of amides is 1. The molecule has 1 rings (SSSR count). The lowest BCUT2D eigenvalue weighted by Crippen LogP contribution is -2.26. The number of unbranched alkanes of at least 4 members (excludes halogenated alkanes) is 2. The zero-order valence-electron chi connectivity index (χ0n) is 9.91. The molecule has 1 aromatic rings. The number of hydrogen-bond acceptors (Lipinski definition) is 2. The molecule has 1 N–H and O–H groups in total. The lowest BCUT2D eigenvalue weighted by molar-refractivity contribution is 0.0952. The number of aromatic nitrogens is 1. The average molecular weight is 348 g/mol. The molecule has 1 aromatic heterocycles. The number of halogens is 1. The second kappa shape index (κ2) is 7.47. The van der Waals surface area contributed by atoms with Crippen molar-refractivity contribution in [2.75, 3.05) is 11.0 Å². The number of alkyl halides is 1. The highest BCUT2D eigenvalue weighted by Gasteiger charge is 2.05.